The van der Waals surface area contributed by atoms with Gasteiger partial charge in [-0.3, -0.25) is 4.21 Å². The first-order valence-electron chi connectivity index (χ1n) is 6.44. The Morgan fingerprint density at radius 2 is 1.86 bits per heavy atom. The molecule has 114 valence electrons. The van der Waals surface area contributed by atoms with Gasteiger partial charge in [0.25, 0.3) is 0 Å². The van der Waals surface area contributed by atoms with Gasteiger partial charge in [0.15, 0.2) is 9.84 Å². The van der Waals surface area contributed by atoms with Gasteiger partial charge in [0, 0.05) is 21.4 Å². The number of nitrogens with zero attached hydrogens (tertiary/aromatic N) is 1. The molecule has 0 amide bonds. The van der Waals surface area contributed by atoms with Crippen LogP contribution in [0.4, 0.5) is 0 Å². The van der Waals surface area contributed by atoms with Crippen LogP contribution in [0, 0.1) is 13.8 Å². The second kappa shape index (κ2) is 6.81. The van der Waals surface area contributed by atoms with Crippen molar-refractivity contribution in [2.45, 2.75) is 24.5 Å². The van der Waals surface area contributed by atoms with E-state index in [4.69, 9.17) is 0 Å². The topological polar surface area (TPSA) is 64.1 Å². The van der Waals surface area contributed by atoms with Crippen LogP contribution in [0.3, 0.4) is 0 Å². The summed E-state index contributed by atoms with van der Waals surface area (Å²) in [4.78, 5) is 5.72. The van der Waals surface area contributed by atoms with Crippen LogP contribution in [0.15, 0.2) is 35.2 Å². The second-order valence-electron chi connectivity index (χ2n) is 4.67. The van der Waals surface area contributed by atoms with Gasteiger partial charge < -0.3 is 0 Å². The van der Waals surface area contributed by atoms with Crippen LogP contribution in [0.25, 0.3) is 0 Å². The van der Waals surface area contributed by atoms with Crippen LogP contribution < -0.4 is 0 Å². The van der Waals surface area contributed by atoms with Crippen molar-refractivity contribution < 1.29 is 12.6 Å². The number of hydrogen-bond acceptors (Lipinski definition) is 5. The molecule has 1 heterocycles. The first-order valence-corrected chi connectivity index (χ1v) is 10.4. The third-order valence-electron chi connectivity index (χ3n) is 3.04. The van der Waals surface area contributed by atoms with Crippen LogP contribution in [0.5, 0.6) is 0 Å². The first-order chi connectivity index (χ1) is 9.88. The molecule has 0 saturated carbocycles. The molecular formula is C14H17NO3S3. The Balaban J connectivity index is 1.95. The van der Waals surface area contributed by atoms with E-state index in [1.165, 1.54) is 11.3 Å². The number of rotatable bonds is 6. The maximum absolute atomic E-state index is 12.1. The average Bonchev–Trinajstić information content (AvgIpc) is 2.76. The van der Waals surface area contributed by atoms with E-state index in [1.54, 1.807) is 30.3 Å². The van der Waals surface area contributed by atoms with Crippen LogP contribution in [0.1, 0.15) is 15.6 Å². The summed E-state index contributed by atoms with van der Waals surface area (Å²) in [7, 11) is -4.58. The van der Waals surface area contributed by atoms with E-state index < -0.39 is 20.6 Å². The number of aryl methyl sites for hydroxylation is 2. The Hall–Kier alpha value is -1.05. The quantitative estimate of drug-likeness (QED) is 0.808. The normalized spacial score (nSPS) is 13.2. The fraction of sp³-hybridized carbons (Fsp3) is 0.357. The Bertz CT molecular complexity index is 717. The highest BCUT2D eigenvalue weighted by molar-refractivity contribution is 7.93. The Kier molecular flexibility index (Phi) is 5.29. The summed E-state index contributed by atoms with van der Waals surface area (Å²) in [6.45, 7) is 3.89. The molecule has 7 heteroatoms. The monoisotopic (exact) mass is 343 g/mol. The minimum atomic E-state index is -3.36. The summed E-state index contributed by atoms with van der Waals surface area (Å²) >= 11 is 1.52. The van der Waals surface area contributed by atoms with Crippen molar-refractivity contribution in [3.8, 4) is 0 Å². The van der Waals surface area contributed by atoms with E-state index >= 15 is 0 Å². The molecule has 0 aliphatic rings. The van der Waals surface area contributed by atoms with Crippen LogP contribution in [-0.2, 0) is 26.4 Å². The van der Waals surface area contributed by atoms with Crippen LogP contribution >= 0.6 is 11.3 Å². The molecule has 0 unspecified atom stereocenters. The van der Waals surface area contributed by atoms with E-state index in [1.807, 2.05) is 13.8 Å². The summed E-state index contributed by atoms with van der Waals surface area (Å²) in [5, 5.41) is 0.806. The van der Waals surface area contributed by atoms with Gasteiger partial charge in [-0.1, -0.05) is 18.2 Å². The summed E-state index contributed by atoms with van der Waals surface area (Å²) in [6.07, 6.45) is 0. The lowest BCUT2D eigenvalue weighted by molar-refractivity contribution is 0.597. The molecule has 2 rings (SSSR count). The predicted octanol–water partition coefficient (Wildman–Crippen LogP) is 2.48. The molecule has 1 aromatic carbocycles. The lowest BCUT2D eigenvalue weighted by atomic mass is 10.4. The molecule has 0 saturated heterocycles. The number of hydrogen-bond donors (Lipinski definition) is 0. The van der Waals surface area contributed by atoms with Crippen molar-refractivity contribution >= 4 is 32.0 Å². The lowest BCUT2D eigenvalue weighted by Gasteiger charge is -2.04. The predicted molar refractivity (Wildman–Crippen MR) is 86.8 cm³/mol. The molecule has 0 fully saturated rings. The number of thiazole rings is 1. The van der Waals surface area contributed by atoms with Crippen molar-refractivity contribution in [2.75, 3.05) is 11.5 Å². The highest BCUT2D eigenvalue weighted by Crippen LogP contribution is 2.18. The Labute approximate surface area is 131 Å². The van der Waals surface area contributed by atoms with Crippen molar-refractivity contribution in [3.05, 3.63) is 45.9 Å². The van der Waals surface area contributed by atoms with Gasteiger partial charge in [0.1, 0.15) is 5.01 Å². The summed E-state index contributed by atoms with van der Waals surface area (Å²) in [5.41, 5.74) is 0.948. The summed E-state index contributed by atoms with van der Waals surface area (Å²) in [6, 6.07) is 8.26. The van der Waals surface area contributed by atoms with Crippen molar-refractivity contribution in [2.24, 2.45) is 0 Å². The molecule has 0 spiro atoms. The summed E-state index contributed by atoms with van der Waals surface area (Å²) in [5.74, 6) is 0.353. The number of aromatic nitrogens is 1. The second-order valence-corrected chi connectivity index (χ2v) is 9.64. The maximum Gasteiger partial charge on any atom is 0.179 e. The summed E-state index contributed by atoms with van der Waals surface area (Å²) < 4.78 is 36.2. The molecule has 4 nitrogen and oxygen atoms in total. The molecular weight excluding hydrogens is 326 g/mol. The van der Waals surface area contributed by atoms with Gasteiger partial charge in [-0.2, -0.15) is 0 Å². The molecule has 0 aliphatic heterocycles. The molecule has 1 aromatic heterocycles. The van der Waals surface area contributed by atoms with Gasteiger partial charge in [-0.05, 0) is 26.0 Å². The molecule has 1 atom stereocenters. The SMILES string of the molecule is Cc1nc(C[S@@](=O)CCS(=O)(=O)c2ccccc2)sc1C. The third-order valence-corrected chi connectivity index (χ3v) is 7.54. The minimum absolute atomic E-state index is 0.104. The maximum atomic E-state index is 12.1. The van der Waals surface area contributed by atoms with Gasteiger partial charge in [0.05, 0.1) is 22.1 Å². The fourth-order valence-corrected chi connectivity index (χ4v) is 6.03. The highest BCUT2D eigenvalue weighted by atomic mass is 32.2. The Morgan fingerprint density at radius 3 is 2.43 bits per heavy atom. The van der Waals surface area contributed by atoms with Gasteiger partial charge >= 0.3 is 0 Å². The van der Waals surface area contributed by atoms with Gasteiger partial charge in [-0.25, -0.2) is 13.4 Å². The Morgan fingerprint density at radius 1 is 1.19 bits per heavy atom. The van der Waals surface area contributed by atoms with E-state index in [0.29, 0.717) is 5.75 Å². The smallest absolute Gasteiger partial charge is 0.179 e. The molecule has 21 heavy (non-hydrogen) atoms. The van der Waals surface area contributed by atoms with Crippen molar-refractivity contribution in [1.29, 1.82) is 0 Å². The van der Waals surface area contributed by atoms with E-state index in [0.717, 1.165) is 15.6 Å². The fourth-order valence-electron chi connectivity index (χ4n) is 1.76. The molecule has 2 aromatic rings. The molecule has 0 radical (unpaired) electrons. The molecule has 0 bridgehead atoms. The standard InChI is InChI=1S/C14H17NO3S3/c1-11-12(2)19-14(15-11)10-20(16)8-9-21(17,18)13-6-4-3-5-7-13/h3-7H,8-10H2,1-2H3/t20-/m0/s1. The molecule has 0 aliphatic carbocycles. The zero-order chi connectivity index (χ0) is 15.5. The van der Waals surface area contributed by atoms with E-state index in [-0.39, 0.29) is 16.4 Å². The van der Waals surface area contributed by atoms with Crippen LogP contribution in [-0.4, -0.2) is 29.1 Å². The molecule has 0 N–H and O–H groups in total. The number of sulfone groups is 1. The average molecular weight is 343 g/mol. The van der Waals surface area contributed by atoms with Crippen molar-refractivity contribution in [3.63, 3.8) is 0 Å². The third kappa shape index (κ3) is 4.46. The zero-order valence-corrected chi connectivity index (χ0v) is 14.4. The zero-order valence-electron chi connectivity index (χ0n) is 11.9. The number of benzene rings is 1. The minimum Gasteiger partial charge on any atom is -0.259 e. The van der Waals surface area contributed by atoms with Gasteiger partial charge in [0.2, 0.25) is 0 Å². The largest absolute Gasteiger partial charge is 0.259 e. The van der Waals surface area contributed by atoms with Crippen molar-refractivity contribution in [1.82, 2.24) is 4.98 Å². The van der Waals surface area contributed by atoms with E-state index in [2.05, 4.69) is 4.98 Å². The van der Waals surface area contributed by atoms with Crippen LogP contribution in [0.2, 0.25) is 0 Å². The highest BCUT2D eigenvalue weighted by Gasteiger charge is 2.16. The van der Waals surface area contributed by atoms with Gasteiger partial charge in [-0.15, -0.1) is 11.3 Å². The van der Waals surface area contributed by atoms with E-state index in [9.17, 15) is 12.6 Å². The lowest BCUT2D eigenvalue weighted by Crippen LogP contribution is -2.14. The first kappa shape index (κ1) is 16.3.